The van der Waals surface area contributed by atoms with Gasteiger partial charge in [-0.05, 0) is 23.3 Å². The van der Waals surface area contributed by atoms with Gasteiger partial charge < -0.3 is 15.8 Å². The summed E-state index contributed by atoms with van der Waals surface area (Å²) in [6, 6.07) is 17.3. The minimum absolute atomic E-state index is 0. The zero-order valence-corrected chi connectivity index (χ0v) is 16.7. The highest BCUT2D eigenvalue weighted by molar-refractivity contribution is 5.85. The molecule has 142 valence electrons. The van der Waals surface area contributed by atoms with Gasteiger partial charge in [0.2, 0.25) is 5.91 Å². The second-order valence-electron chi connectivity index (χ2n) is 7.06. The number of benzene rings is 2. The number of ether oxygens (including phenoxy) is 1. The standard InChI is InChI=1S/C21H28N2O2.ClH/c1-15(19(22)16-8-6-5-7-9-16)20(24)23-14-21(2,3)17-10-12-18(25-4)13-11-17;/h5-13,15,19H,14,22H2,1-4H3,(H,23,24);1H. The van der Waals surface area contributed by atoms with E-state index in [0.717, 1.165) is 16.9 Å². The lowest BCUT2D eigenvalue weighted by molar-refractivity contribution is -0.125. The number of nitrogens with two attached hydrogens (primary N) is 1. The summed E-state index contributed by atoms with van der Waals surface area (Å²) >= 11 is 0. The fourth-order valence-electron chi connectivity index (χ4n) is 2.74. The maximum absolute atomic E-state index is 12.5. The van der Waals surface area contributed by atoms with E-state index in [2.05, 4.69) is 19.2 Å². The molecule has 0 radical (unpaired) electrons. The van der Waals surface area contributed by atoms with Crippen LogP contribution in [0.5, 0.6) is 5.75 Å². The number of hydrogen-bond donors (Lipinski definition) is 2. The highest BCUT2D eigenvalue weighted by Gasteiger charge is 2.26. The molecule has 0 aliphatic rings. The number of hydrogen-bond acceptors (Lipinski definition) is 3. The van der Waals surface area contributed by atoms with Crippen LogP contribution in [0.25, 0.3) is 0 Å². The predicted octanol–water partition coefficient (Wildman–Crippen LogP) is 3.85. The number of nitrogens with one attached hydrogen (secondary N) is 1. The van der Waals surface area contributed by atoms with Crippen molar-refractivity contribution in [3.05, 3.63) is 65.7 Å². The second kappa shape index (κ2) is 9.60. The summed E-state index contributed by atoms with van der Waals surface area (Å²) in [5.74, 6) is 0.498. The van der Waals surface area contributed by atoms with Gasteiger partial charge in [-0.25, -0.2) is 0 Å². The van der Waals surface area contributed by atoms with Gasteiger partial charge in [-0.15, -0.1) is 12.4 Å². The van der Waals surface area contributed by atoms with E-state index < -0.39 is 0 Å². The largest absolute Gasteiger partial charge is 0.497 e. The van der Waals surface area contributed by atoms with Crippen LogP contribution in [0.3, 0.4) is 0 Å². The number of amides is 1. The van der Waals surface area contributed by atoms with Gasteiger partial charge in [-0.2, -0.15) is 0 Å². The van der Waals surface area contributed by atoms with E-state index in [0.29, 0.717) is 6.54 Å². The Bertz CT molecular complexity index is 687. The zero-order valence-electron chi connectivity index (χ0n) is 15.9. The van der Waals surface area contributed by atoms with Crippen molar-refractivity contribution < 1.29 is 9.53 Å². The minimum Gasteiger partial charge on any atom is -0.497 e. The summed E-state index contributed by atoms with van der Waals surface area (Å²) in [6.07, 6.45) is 0. The Balaban J connectivity index is 0.00000338. The molecule has 0 aliphatic heterocycles. The van der Waals surface area contributed by atoms with Gasteiger partial charge in [-0.1, -0.05) is 63.2 Å². The molecule has 2 atom stereocenters. The van der Waals surface area contributed by atoms with Crippen LogP contribution in [0, 0.1) is 5.92 Å². The average Bonchev–Trinajstić information content (AvgIpc) is 2.65. The van der Waals surface area contributed by atoms with Crippen LogP contribution in [0.1, 0.15) is 37.9 Å². The maximum Gasteiger partial charge on any atom is 0.224 e. The third-order valence-corrected chi connectivity index (χ3v) is 4.71. The summed E-state index contributed by atoms with van der Waals surface area (Å²) in [5.41, 5.74) is 8.18. The van der Waals surface area contributed by atoms with Crippen molar-refractivity contribution in [2.45, 2.75) is 32.2 Å². The summed E-state index contributed by atoms with van der Waals surface area (Å²) in [4.78, 5) is 12.5. The van der Waals surface area contributed by atoms with E-state index in [1.807, 2.05) is 61.5 Å². The maximum atomic E-state index is 12.5. The number of halogens is 1. The van der Waals surface area contributed by atoms with Crippen LogP contribution in [0.4, 0.5) is 0 Å². The number of rotatable bonds is 7. The first-order valence-electron chi connectivity index (χ1n) is 8.58. The molecule has 4 nitrogen and oxygen atoms in total. The van der Waals surface area contributed by atoms with Crippen molar-refractivity contribution in [1.82, 2.24) is 5.32 Å². The summed E-state index contributed by atoms with van der Waals surface area (Å²) in [6.45, 7) is 6.63. The first-order chi connectivity index (χ1) is 11.8. The van der Waals surface area contributed by atoms with E-state index in [1.165, 1.54) is 0 Å². The lowest BCUT2D eigenvalue weighted by Crippen LogP contribution is -2.41. The SMILES string of the molecule is COc1ccc(C(C)(C)CNC(=O)C(C)C(N)c2ccccc2)cc1.Cl. The van der Waals surface area contributed by atoms with Crippen molar-refractivity contribution in [3.8, 4) is 5.75 Å². The molecule has 0 saturated carbocycles. The molecule has 0 fully saturated rings. The smallest absolute Gasteiger partial charge is 0.224 e. The van der Waals surface area contributed by atoms with Gasteiger partial charge in [0.1, 0.15) is 5.75 Å². The Morgan fingerprint density at radius 3 is 2.23 bits per heavy atom. The number of methoxy groups -OCH3 is 1. The molecule has 0 heterocycles. The zero-order chi connectivity index (χ0) is 18.4. The van der Waals surface area contributed by atoms with Gasteiger partial charge in [0, 0.05) is 18.0 Å². The van der Waals surface area contributed by atoms with Crippen LogP contribution < -0.4 is 15.8 Å². The van der Waals surface area contributed by atoms with Crippen molar-refractivity contribution in [1.29, 1.82) is 0 Å². The first kappa shape index (κ1) is 22.0. The Hall–Kier alpha value is -2.04. The molecule has 0 saturated heterocycles. The van der Waals surface area contributed by atoms with Crippen molar-refractivity contribution in [3.63, 3.8) is 0 Å². The monoisotopic (exact) mass is 376 g/mol. The quantitative estimate of drug-likeness (QED) is 0.771. The van der Waals surface area contributed by atoms with Crippen LogP contribution in [-0.2, 0) is 10.2 Å². The topological polar surface area (TPSA) is 64.3 Å². The molecule has 0 aromatic heterocycles. The third kappa shape index (κ3) is 5.48. The van der Waals surface area contributed by atoms with Gasteiger partial charge in [0.05, 0.1) is 13.0 Å². The third-order valence-electron chi connectivity index (χ3n) is 4.71. The van der Waals surface area contributed by atoms with E-state index in [4.69, 9.17) is 10.5 Å². The van der Waals surface area contributed by atoms with Crippen molar-refractivity contribution >= 4 is 18.3 Å². The van der Waals surface area contributed by atoms with Crippen LogP contribution >= 0.6 is 12.4 Å². The molecule has 3 N–H and O–H groups in total. The molecule has 0 spiro atoms. The number of carbonyl (C=O) groups excluding carboxylic acids is 1. The lowest BCUT2D eigenvalue weighted by Gasteiger charge is -2.27. The fraction of sp³-hybridized carbons (Fsp3) is 0.381. The molecule has 2 rings (SSSR count). The molecule has 0 bridgehead atoms. The predicted molar refractivity (Wildman–Crippen MR) is 109 cm³/mol. The molecule has 2 unspecified atom stereocenters. The fourth-order valence-corrected chi connectivity index (χ4v) is 2.74. The summed E-state index contributed by atoms with van der Waals surface area (Å²) in [7, 11) is 1.65. The summed E-state index contributed by atoms with van der Waals surface area (Å²) < 4.78 is 5.20. The molecule has 26 heavy (non-hydrogen) atoms. The van der Waals surface area contributed by atoms with Crippen molar-refractivity contribution in [2.24, 2.45) is 11.7 Å². The van der Waals surface area contributed by atoms with E-state index in [1.54, 1.807) is 7.11 Å². The van der Waals surface area contributed by atoms with Gasteiger partial charge in [-0.3, -0.25) is 4.79 Å². The molecule has 0 aliphatic carbocycles. The average molecular weight is 377 g/mol. The van der Waals surface area contributed by atoms with Gasteiger partial charge >= 0.3 is 0 Å². The Kier molecular flexibility index (Phi) is 8.12. The molecule has 2 aromatic carbocycles. The highest BCUT2D eigenvalue weighted by Crippen LogP contribution is 2.25. The molecular formula is C21H29ClN2O2. The Morgan fingerprint density at radius 2 is 1.69 bits per heavy atom. The molecule has 2 aromatic rings. The highest BCUT2D eigenvalue weighted by atomic mass is 35.5. The van der Waals surface area contributed by atoms with Crippen LogP contribution in [-0.4, -0.2) is 19.6 Å². The van der Waals surface area contributed by atoms with Crippen molar-refractivity contribution in [2.75, 3.05) is 13.7 Å². The van der Waals surface area contributed by atoms with Crippen LogP contribution in [0.15, 0.2) is 54.6 Å². The van der Waals surface area contributed by atoms with E-state index in [9.17, 15) is 4.79 Å². The lowest BCUT2D eigenvalue weighted by atomic mass is 9.84. The molecule has 5 heteroatoms. The second-order valence-corrected chi connectivity index (χ2v) is 7.06. The van der Waals surface area contributed by atoms with Gasteiger partial charge in [0.25, 0.3) is 0 Å². The van der Waals surface area contributed by atoms with E-state index >= 15 is 0 Å². The number of carbonyl (C=O) groups is 1. The normalized spacial score (nSPS) is 13.3. The molecular weight excluding hydrogens is 348 g/mol. The minimum atomic E-state index is -0.315. The van der Waals surface area contributed by atoms with Crippen LogP contribution in [0.2, 0.25) is 0 Å². The Labute approximate surface area is 162 Å². The summed E-state index contributed by atoms with van der Waals surface area (Å²) in [5, 5.41) is 3.05. The first-order valence-corrected chi connectivity index (χ1v) is 8.58. The molecule has 1 amide bonds. The van der Waals surface area contributed by atoms with Gasteiger partial charge in [0.15, 0.2) is 0 Å². The Morgan fingerprint density at radius 1 is 1.12 bits per heavy atom. The van der Waals surface area contributed by atoms with E-state index in [-0.39, 0.29) is 35.7 Å².